The van der Waals surface area contributed by atoms with Gasteiger partial charge in [-0.3, -0.25) is 4.79 Å². The first-order valence-corrected chi connectivity index (χ1v) is 8.48. The number of nitrogens with one attached hydrogen (secondary N) is 1. The molecule has 1 fully saturated rings. The van der Waals surface area contributed by atoms with Gasteiger partial charge in [0.1, 0.15) is 5.58 Å². The van der Waals surface area contributed by atoms with Crippen molar-refractivity contribution in [2.75, 3.05) is 13.2 Å². The van der Waals surface area contributed by atoms with Crippen LogP contribution in [-0.2, 0) is 16.0 Å². The Kier molecular flexibility index (Phi) is 4.93. The van der Waals surface area contributed by atoms with Gasteiger partial charge in [0.2, 0.25) is 5.91 Å². The minimum absolute atomic E-state index is 0.0158. The lowest BCUT2D eigenvalue weighted by atomic mass is 10.0. The van der Waals surface area contributed by atoms with Crippen molar-refractivity contribution < 1.29 is 13.9 Å². The summed E-state index contributed by atoms with van der Waals surface area (Å²) in [6.45, 7) is 5.29. The molecule has 1 aliphatic heterocycles. The minimum atomic E-state index is -0.0158. The van der Waals surface area contributed by atoms with Gasteiger partial charge in [0.05, 0.1) is 18.8 Å². The number of furan rings is 1. The van der Waals surface area contributed by atoms with Gasteiger partial charge in [0.25, 0.3) is 0 Å². The topological polar surface area (TPSA) is 51.5 Å². The molecule has 0 aliphatic carbocycles. The predicted octanol–water partition coefficient (Wildman–Crippen LogP) is 3.93. The Bertz CT molecular complexity index is 717. The molecule has 23 heavy (non-hydrogen) atoms. The Balaban J connectivity index is 1.69. The van der Waals surface area contributed by atoms with Gasteiger partial charge < -0.3 is 14.5 Å². The molecule has 0 radical (unpaired) electrons. The fourth-order valence-electron chi connectivity index (χ4n) is 3.17. The standard InChI is InChI=1S/C18H22ClNO3/c1-11-7-15-17(12(2)18(11)19)13(10-23-15)8-16(21)20-9-14-5-3-4-6-22-14/h7,10,14H,3-6,8-9H2,1-2H3,(H,20,21). The second kappa shape index (κ2) is 6.93. The zero-order valence-electron chi connectivity index (χ0n) is 13.6. The number of hydrogen-bond donors (Lipinski definition) is 1. The smallest absolute Gasteiger partial charge is 0.224 e. The highest BCUT2D eigenvalue weighted by Gasteiger charge is 2.18. The largest absolute Gasteiger partial charge is 0.464 e. The van der Waals surface area contributed by atoms with Gasteiger partial charge >= 0.3 is 0 Å². The van der Waals surface area contributed by atoms with E-state index in [1.807, 2.05) is 19.9 Å². The van der Waals surface area contributed by atoms with Crippen molar-refractivity contribution in [2.45, 2.75) is 45.6 Å². The van der Waals surface area contributed by atoms with Crippen LogP contribution >= 0.6 is 11.6 Å². The molecule has 0 saturated carbocycles. The van der Waals surface area contributed by atoms with E-state index in [9.17, 15) is 4.79 Å². The molecule has 0 bridgehead atoms. The highest BCUT2D eigenvalue weighted by molar-refractivity contribution is 6.33. The maximum absolute atomic E-state index is 12.2. The van der Waals surface area contributed by atoms with Gasteiger partial charge in [0.15, 0.2) is 0 Å². The first-order valence-electron chi connectivity index (χ1n) is 8.10. The molecule has 0 spiro atoms. The normalized spacial score (nSPS) is 18.3. The van der Waals surface area contributed by atoms with Gasteiger partial charge in [-0.05, 0) is 50.3 Å². The highest BCUT2D eigenvalue weighted by Crippen LogP contribution is 2.32. The number of carbonyl (C=O) groups is 1. The number of fused-ring (bicyclic) bond motifs is 1. The van der Waals surface area contributed by atoms with E-state index in [-0.39, 0.29) is 12.0 Å². The lowest BCUT2D eigenvalue weighted by Gasteiger charge is -2.22. The van der Waals surface area contributed by atoms with E-state index in [0.29, 0.717) is 13.0 Å². The zero-order chi connectivity index (χ0) is 16.4. The lowest BCUT2D eigenvalue weighted by molar-refractivity contribution is -0.121. The molecule has 2 heterocycles. The van der Waals surface area contributed by atoms with Crippen LogP contribution in [0.15, 0.2) is 16.7 Å². The summed E-state index contributed by atoms with van der Waals surface area (Å²) in [5, 5.41) is 4.64. The Morgan fingerprint density at radius 2 is 2.22 bits per heavy atom. The molecule has 1 N–H and O–H groups in total. The fourth-order valence-corrected chi connectivity index (χ4v) is 3.32. The van der Waals surface area contributed by atoms with Gasteiger partial charge in [-0.25, -0.2) is 0 Å². The molecule has 1 unspecified atom stereocenters. The van der Waals surface area contributed by atoms with Crippen LogP contribution in [0.2, 0.25) is 5.02 Å². The second-order valence-corrected chi connectivity index (χ2v) is 6.61. The lowest BCUT2D eigenvalue weighted by Crippen LogP contribution is -2.36. The van der Waals surface area contributed by atoms with Crippen LogP contribution in [-0.4, -0.2) is 25.2 Å². The average Bonchev–Trinajstić information content (AvgIpc) is 2.94. The molecule has 4 nitrogen and oxygen atoms in total. The Labute approximate surface area is 141 Å². The SMILES string of the molecule is Cc1cc2occ(CC(=O)NCC3CCCCO3)c2c(C)c1Cl. The van der Waals surface area contributed by atoms with Crippen LogP contribution < -0.4 is 5.32 Å². The summed E-state index contributed by atoms with van der Waals surface area (Å²) in [5.41, 5.74) is 3.61. The molecule has 1 atom stereocenters. The fraction of sp³-hybridized carbons (Fsp3) is 0.500. The Morgan fingerprint density at radius 3 is 2.96 bits per heavy atom. The number of ether oxygens (including phenoxy) is 1. The van der Waals surface area contributed by atoms with E-state index in [1.165, 1.54) is 6.42 Å². The Morgan fingerprint density at radius 1 is 1.39 bits per heavy atom. The minimum Gasteiger partial charge on any atom is -0.464 e. The third-order valence-corrected chi connectivity index (χ3v) is 5.03. The van der Waals surface area contributed by atoms with Gasteiger partial charge in [0, 0.05) is 29.1 Å². The third-order valence-electron chi connectivity index (χ3n) is 4.45. The highest BCUT2D eigenvalue weighted by atomic mass is 35.5. The van der Waals surface area contributed by atoms with Crippen molar-refractivity contribution in [1.82, 2.24) is 5.32 Å². The molecule has 1 saturated heterocycles. The van der Waals surface area contributed by atoms with Crippen molar-refractivity contribution in [3.8, 4) is 0 Å². The molecule has 3 rings (SSSR count). The van der Waals surface area contributed by atoms with Crippen LogP contribution in [0.25, 0.3) is 11.0 Å². The molecule has 1 aliphatic rings. The Hall–Kier alpha value is -1.52. The molecule has 2 aromatic rings. The van der Waals surface area contributed by atoms with Crippen LogP contribution in [0, 0.1) is 13.8 Å². The first-order chi connectivity index (χ1) is 11.1. The zero-order valence-corrected chi connectivity index (χ0v) is 14.3. The summed E-state index contributed by atoms with van der Waals surface area (Å²) in [4.78, 5) is 12.2. The average molecular weight is 336 g/mol. The number of benzene rings is 1. The van der Waals surface area contributed by atoms with Crippen LogP contribution in [0.3, 0.4) is 0 Å². The predicted molar refractivity (Wildman–Crippen MR) is 91.0 cm³/mol. The quantitative estimate of drug-likeness (QED) is 0.921. The summed E-state index contributed by atoms with van der Waals surface area (Å²) in [6, 6.07) is 1.92. The summed E-state index contributed by atoms with van der Waals surface area (Å²) in [5.74, 6) is -0.0158. The number of carbonyl (C=O) groups excluding carboxylic acids is 1. The van der Waals surface area contributed by atoms with Crippen molar-refractivity contribution >= 4 is 28.5 Å². The number of aryl methyl sites for hydroxylation is 2. The van der Waals surface area contributed by atoms with Crippen molar-refractivity contribution in [1.29, 1.82) is 0 Å². The summed E-state index contributed by atoms with van der Waals surface area (Å²) < 4.78 is 11.2. The third kappa shape index (κ3) is 3.54. The summed E-state index contributed by atoms with van der Waals surface area (Å²) in [6.07, 6.45) is 5.40. The van der Waals surface area contributed by atoms with Gasteiger partial charge in [-0.2, -0.15) is 0 Å². The number of amides is 1. The molecule has 1 amide bonds. The monoisotopic (exact) mass is 335 g/mol. The van der Waals surface area contributed by atoms with Crippen molar-refractivity contribution in [2.24, 2.45) is 0 Å². The summed E-state index contributed by atoms with van der Waals surface area (Å²) in [7, 11) is 0. The van der Waals surface area contributed by atoms with E-state index in [4.69, 9.17) is 20.8 Å². The molecule has 124 valence electrons. The van der Waals surface area contributed by atoms with Crippen LogP contribution in [0.1, 0.15) is 36.0 Å². The second-order valence-electron chi connectivity index (χ2n) is 6.24. The number of hydrogen-bond acceptors (Lipinski definition) is 3. The van der Waals surface area contributed by atoms with E-state index < -0.39 is 0 Å². The maximum Gasteiger partial charge on any atom is 0.224 e. The molecular formula is C18H22ClNO3. The van der Waals surface area contributed by atoms with E-state index >= 15 is 0 Å². The number of halogens is 1. The summed E-state index contributed by atoms with van der Waals surface area (Å²) >= 11 is 6.33. The van der Waals surface area contributed by atoms with Gasteiger partial charge in [-0.1, -0.05) is 11.6 Å². The van der Waals surface area contributed by atoms with E-state index in [2.05, 4.69) is 5.32 Å². The van der Waals surface area contributed by atoms with E-state index in [0.717, 1.165) is 52.1 Å². The molecule has 1 aromatic heterocycles. The molecular weight excluding hydrogens is 314 g/mol. The van der Waals surface area contributed by atoms with Crippen LogP contribution in [0.5, 0.6) is 0 Å². The molecule has 1 aromatic carbocycles. The van der Waals surface area contributed by atoms with E-state index in [1.54, 1.807) is 6.26 Å². The van der Waals surface area contributed by atoms with Crippen LogP contribution in [0.4, 0.5) is 0 Å². The van der Waals surface area contributed by atoms with Crippen molar-refractivity contribution in [3.05, 3.63) is 34.0 Å². The van der Waals surface area contributed by atoms with Crippen molar-refractivity contribution in [3.63, 3.8) is 0 Å². The maximum atomic E-state index is 12.2. The number of rotatable bonds is 4. The molecule has 5 heteroatoms. The van der Waals surface area contributed by atoms with Gasteiger partial charge in [-0.15, -0.1) is 0 Å². The first kappa shape index (κ1) is 16.3.